The molecule has 0 aliphatic heterocycles. The zero-order valence-electron chi connectivity index (χ0n) is 12.3. The summed E-state index contributed by atoms with van der Waals surface area (Å²) in [6.45, 7) is 2.20. The molecule has 0 radical (unpaired) electrons. The van der Waals surface area contributed by atoms with E-state index in [0.717, 1.165) is 37.0 Å². The van der Waals surface area contributed by atoms with Crippen molar-refractivity contribution in [3.63, 3.8) is 0 Å². The summed E-state index contributed by atoms with van der Waals surface area (Å²) in [4.78, 5) is 11.2. The third-order valence-electron chi connectivity index (χ3n) is 4.10. The van der Waals surface area contributed by atoms with Crippen LogP contribution in [-0.4, -0.2) is 36.9 Å². The van der Waals surface area contributed by atoms with Crippen molar-refractivity contribution in [1.82, 2.24) is 4.31 Å². The van der Waals surface area contributed by atoms with Crippen LogP contribution in [0.5, 0.6) is 0 Å². The second-order valence-corrected chi connectivity index (χ2v) is 9.12. The Hall–Kier alpha value is -0.920. The number of sulfonamides is 1. The quantitative estimate of drug-likeness (QED) is 0.900. The molecule has 1 heterocycles. The molecule has 0 bridgehead atoms. The Morgan fingerprint density at radius 1 is 1.33 bits per heavy atom. The van der Waals surface area contributed by atoms with E-state index in [1.54, 1.807) is 13.1 Å². The first kappa shape index (κ1) is 16.5. The molecule has 1 aliphatic carbocycles. The Bertz CT molecular complexity index is 600. The molecule has 1 fully saturated rings. The summed E-state index contributed by atoms with van der Waals surface area (Å²) < 4.78 is 26.9. The van der Waals surface area contributed by atoms with E-state index in [1.807, 2.05) is 0 Å². The lowest BCUT2D eigenvalue weighted by atomic mass is 9.87. The highest BCUT2D eigenvalue weighted by Crippen LogP contribution is 2.31. The molecular weight excluding hydrogens is 310 g/mol. The number of carboxylic acid groups (broad SMARTS) is 1. The number of nitrogens with zero attached hydrogens (tertiary/aromatic N) is 1. The van der Waals surface area contributed by atoms with Gasteiger partial charge in [0.2, 0.25) is 0 Å². The number of aliphatic carboxylic acids is 1. The van der Waals surface area contributed by atoms with Crippen molar-refractivity contribution in [1.29, 1.82) is 0 Å². The molecule has 118 valence electrons. The summed E-state index contributed by atoms with van der Waals surface area (Å²) in [5.74, 6) is -0.281. The van der Waals surface area contributed by atoms with Crippen molar-refractivity contribution in [2.24, 2.45) is 5.92 Å². The maximum atomic E-state index is 12.6. The second-order valence-electron chi connectivity index (χ2n) is 5.73. The molecule has 1 saturated carbocycles. The lowest BCUT2D eigenvalue weighted by molar-refractivity contribution is -0.136. The van der Waals surface area contributed by atoms with E-state index < -0.39 is 16.0 Å². The fraction of sp³-hybridized carbons (Fsp3) is 0.643. The molecule has 0 amide bonds. The zero-order chi connectivity index (χ0) is 15.6. The van der Waals surface area contributed by atoms with Gasteiger partial charge in [0.15, 0.2) is 0 Å². The van der Waals surface area contributed by atoms with Gasteiger partial charge < -0.3 is 5.11 Å². The average molecular weight is 331 g/mol. The summed E-state index contributed by atoms with van der Waals surface area (Å²) >= 11 is 1.05. The van der Waals surface area contributed by atoms with Crippen LogP contribution in [0, 0.1) is 5.92 Å². The molecule has 0 spiro atoms. The zero-order valence-corrected chi connectivity index (χ0v) is 13.9. The van der Waals surface area contributed by atoms with Crippen molar-refractivity contribution < 1.29 is 18.3 Å². The predicted octanol–water partition coefficient (Wildman–Crippen LogP) is 2.57. The van der Waals surface area contributed by atoms with Gasteiger partial charge in [-0.1, -0.05) is 6.92 Å². The normalized spacial score (nSPS) is 23.4. The summed E-state index contributed by atoms with van der Waals surface area (Å²) in [5, 5.41) is 8.76. The number of hydrogen-bond donors (Lipinski definition) is 1. The van der Waals surface area contributed by atoms with Crippen LogP contribution in [-0.2, 0) is 21.2 Å². The van der Waals surface area contributed by atoms with Gasteiger partial charge >= 0.3 is 5.97 Å². The number of rotatable bonds is 5. The van der Waals surface area contributed by atoms with Gasteiger partial charge in [-0.15, -0.1) is 11.3 Å². The molecule has 5 nitrogen and oxygen atoms in total. The van der Waals surface area contributed by atoms with Crippen LogP contribution in [0.1, 0.15) is 37.5 Å². The summed E-state index contributed by atoms with van der Waals surface area (Å²) in [6.07, 6.45) is 3.76. The first-order valence-corrected chi connectivity index (χ1v) is 9.35. The Kier molecular flexibility index (Phi) is 5.06. The standard InChI is InChI=1S/C14H21NO4S2/c1-10-3-5-11(6-4-10)15(2)21(18,19)14-8-7-12(20-14)9-13(16)17/h7-8,10-11H,3-6,9H2,1-2H3,(H,16,17). The van der Waals surface area contributed by atoms with Gasteiger partial charge in [-0.2, -0.15) is 4.31 Å². The van der Waals surface area contributed by atoms with E-state index in [2.05, 4.69) is 6.92 Å². The van der Waals surface area contributed by atoms with Crippen LogP contribution in [0.15, 0.2) is 16.3 Å². The highest BCUT2D eigenvalue weighted by Gasteiger charge is 2.31. The molecule has 7 heteroatoms. The lowest BCUT2D eigenvalue weighted by Crippen LogP contribution is -2.38. The van der Waals surface area contributed by atoms with E-state index in [0.29, 0.717) is 10.8 Å². The largest absolute Gasteiger partial charge is 0.481 e. The van der Waals surface area contributed by atoms with Gasteiger partial charge in [0, 0.05) is 18.0 Å². The van der Waals surface area contributed by atoms with Gasteiger partial charge in [0.05, 0.1) is 6.42 Å². The van der Waals surface area contributed by atoms with Crippen LogP contribution in [0.4, 0.5) is 0 Å². The minimum atomic E-state index is -3.51. The topological polar surface area (TPSA) is 74.7 Å². The molecular formula is C14H21NO4S2. The number of carbonyl (C=O) groups is 1. The van der Waals surface area contributed by atoms with Crippen molar-refractivity contribution in [3.8, 4) is 0 Å². The first-order valence-electron chi connectivity index (χ1n) is 7.09. The minimum Gasteiger partial charge on any atom is -0.481 e. The monoisotopic (exact) mass is 331 g/mol. The summed E-state index contributed by atoms with van der Waals surface area (Å²) in [7, 11) is -1.88. The predicted molar refractivity (Wildman–Crippen MR) is 82.0 cm³/mol. The Morgan fingerprint density at radius 3 is 2.52 bits per heavy atom. The van der Waals surface area contributed by atoms with Gasteiger partial charge in [-0.3, -0.25) is 4.79 Å². The lowest BCUT2D eigenvalue weighted by Gasteiger charge is -2.32. The molecule has 0 atom stereocenters. The van der Waals surface area contributed by atoms with Gasteiger partial charge in [0.1, 0.15) is 4.21 Å². The van der Waals surface area contributed by atoms with E-state index in [4.69, 9.17) is 5.11 Å². The first-order chi connectivity index (χ1) is 9.80. The van der Waals surface area contributed by atoms with Crippen molar-refractivity contribution in [2.75, 3.05) is 7.05 Å². The summed E-state index contributed by atoms with van der Waals surface area (Å²) in [6, 6.07) is 3.15. The molecule has 0 saturated heterocycles. The number of thiophene rings is 1. The second kappa shape index (κ2) is 6.46. The van der Waals surface area contributed by atoms with Crippen molar-refractivity contribution in [2.45, 2.75) is 49.3 Å². The molecule has 21 heavy (non-hydrogen) atoms. The fourth-order valence-corrected chi connectivity index (χ4v) is 5.63. The van der Waals surface area contributed by atoms with Crippen molar-refractivity contribution >= 4 is 27.3 Å². The molecule has 0 unspecified atom stereocenters. The molecule has 0 aromatic carbocycles. The maximum Gasteiger partial charge on any atom is 0.308 e. The van der Waals surface area contributed by atoms with Crippen molar-refractivity contribution in [3.05, 3.63) is 17.0 Å². The van der Waals surface area contributed by atoms with Crippen LogP contribution >= 0.6 is 11.3 Å². The van der Waals surface area contributed by atoms with E-state index in [9.17, 15) is 13.2 Å². The Morgan fingerprint density at radius 2 is 1.95 bits per heavy atom. The molecule has 1 N–H and O–H groups in total. The van der Waals surface area contributed by atoms with Crippen LogP contribution in [0.2, 0.25) is 0 Å². The Labute approximate surface area is 129 Å². The highest BCUT2D eigenvalue weighted by molar-refractivity contribution is 7.91. The Balaban J connectivity index is 2.13. The third-order valence-corrected chi connectivity index (χ3v) is 7.56. The van der Waals surface area contributed by atoms with Gasteiger partial charge in [0.25, 0.3) is 10.0 Å². The number of hydrogen-bond acceptors (Lipinski definition) is 4. The van der Waals surface area contributed by atoms with E-state index >= 15 is 0 Å². The van der Waals surface area contributed by atoms with Crippen LogP contribution in [0.3, 0.4) is 0 Å². The molecule has 2 rings (SSSR count). The third kappa shape index (κ3) is 3.84. The van der Waals surface area contributed by atoms with Crippen LogP contribution in [0.25, 0.3) is 0 Å². The average Bonchev–Trinajstić information content (AvgIpc) is 2.87. The molecule has 1 aromatic heterocycles. The molecule has 1 aliphatic rings. The SMILES string of the molecule is CC1CCC(N(C)S(=O)(=O)c2ccc(CC(=O)O)s2)CC1. The van der Waals surface area contributed by atoms with Gasteiger partial charge in [-0.05, 0) is 43.7 Å². The minimum absolute atomic E-state index is 0.0521. The highest BCUT2D eigenvalue weighted by atomic mass is 32.2. The fourth-order valence-electron chi connectivity index (χ4n) is 2.69. The summed E-state index contributed by atoms with van der Waals surface area (Å²) in [5.41, 5.74) is 0. The maximum absolute atomic E-state index is 12.6. The van der Waals surface area contributed by atoms with Crippen LogP contribution < -0.4 is 0 Å². The number of carboxylic acids is 1. The van der Waals surface area contributed by atoms with E-state index in [-0.39, 0.29) is 16.7 Å². The van der Waals surface area contributed by atoms with Gasteiger partial charge in [-0.25, -0.2) is 8.42 Å². The van der Waals surface area contributed by atoms with E-state index in [1.165, 1.54) is 10.4 Å². The smallest absolute Gasteiger partial charge is 0.308 e. The molecule has 1 aromatic rings.